The van der Waals surface area contributed by atoms with Crippen molar-refractivity contribution in [2.75, 3.05) is 19.8 Å². The van der Waals surface area contributed by atoms with Gasteiger partial charge in [-0.05, 0) is 85.9 Å². The average Bonchev–Trinajstić information content (AvgIpc) is 2.91. The molecular weight excluding hydrogens is 296 g/mol. The monoisotopic (exact) mass is 334 g/mol. The SMILES string of the molecule is CCCCOC1CC[C@H]2[C@@H]3CC[C@H]4CCOC[C@]4(C)[C@H]3CC[C@]12C. The number of unbranched alkanes of at least 4 members (excludes halogenated alkanes) is 1. The number of ether oxygens (including phenoxy) is 2. The lowest BCUT2D eigenvalue weighted by Gasteiger charge is -2.60. The molecule has 2 nitrogen and oxygen atoms in total. The van der Waals surface area contributed by atoms with Gasteiger partial charge in [0.25, 0.3) is 0 Å². The minimum atomic E-state index is 0.452. The van der Waals surface area contributed by atoms with Crippen LogP contribution in [0.1, 0.15) is 78.6 Å². The van der Waals surface area contributed by atoms with Crippen molar-refractivity contribution in [2.45, 2.75) is 84.7 Å². The molecule has 0 radical (unpaired) electrons. The van der Waals surface area contributed by atoms with Crippen molar-refractivity contribution >= 4 is 0 Å². The summed E-state index contributed by atoms with van der Waals surface area (Å²) in [6.45, 7) is 10.4. The van der Waals surface area contributed by atoms with Crippen LogP contribution in [-0.2, 0) is 9.47 Å². The molecule has 0 amide bonds. The van der Waals surface area contributed by atoms with Crippen molar-refractivity contribution in [3.63, 3.8) is 0 Å². The topological polar surface area (TPSA) is 18.5 Å². The van der Waals surface area contributed by atoms with Crippen molar-refractivity contribution < 1.29 is 9.47 Å². The van der Waals surface area contributed by atoms with Gasteiger partial charge < -0.3 is 9.47 Å². The van der Waals surface area contributed by atoms with Crippen LogP contribution in [0.4, 0.5) is 0 Å². The van der Waals surface area contributed by atoms with Gasteiger partial charge in [0, 0.05) is 13.2 Å². The van der Waals surface area contributed by atoms with Crippen LogP contribution in [0.15, 0.2) is 0 Å². The molecule has 0 spiro atoms. The smallest absolute Gasteiger partial charge is 0.0631 e. The van der Waals surface area contributed by atoms with E-state index in [9.17, 15) is 0 Å². The summed E-state index contributed by atoms with van der Waals surface area (Å²) in [4.78, 5) is 0. The van der Waals surface area contributed by atoms with E-state index in [4.69, 9.17) is 9.47 Å². The molecule has 3 saturated carbocycles. The third-order valence-electron chi connectivity index (χ3n) is 8.82. The van der Waals surface area contributed by atoms with E-state index >= 15 is 0 Å². The van der Waals surface area contributed by atoms with Gasteiger partial charge in [0.15, 0.2) is 0 Å². The fourth-order valence-corrected chi connectivity index (χ4v) is 7.35. The third kappa shape index (κ3) is 2.58. The van der Waals surface area contributed by atoms with Crippen molar-refractivity contribution in [1.82, 2.24) is 0 Å². The van der Waals surface area contributed by atoms with Crippen LogP contribution in [0.25, 0.3) is 0 Å². The molecule has 3 aliphatic carbocycles. The van der Waals surface area contributed by atoms with Crippen LogP contribution in [-0.4, -0.2) is 25.9 Å². The average molecular weight is 335 g/mol. The summed E-state index contributed by atoms with van der Waals surface area (Å²) in [5, 5.41) is 0. The zero-order chi connectivity index (χ0) is 16.8. The van der Waals surface area contributed by atoms with Gasteiger partial charge in [0.2, 0.25) is 0 Å². The van der Waals surface area contributed by atoms with Gasteiger partial charge in [0.1, 0.15) is 0 Å². The zero-order valence-electron chi connectivity index (χ0n) is 16.2. The van der Waals surface area contributed by atoms with Gasteiger partial charge in [0.05, 0.1) is 12.7 Å². The van der Waals surface area contributed by atoms with Gasteiger partial charge in [-0.15, -0.1) is 0 Å². The minimum Gasteiger partial charge on any atom is -0.381 e. The second kappa shape index (κ2) is 6.58. The number of fused-ring (bicyclic) bond motifs is 5. The summed E-state index contributed by atoms with van der Waals surface area (Å²) in [5.41, 5.74) is 0.914. The Bertz CT molecular complexity index is 449. The fraction of sp³-hybridized carbons (Fsp3) is 1.00. The van der Waals surface area contributed by atoms with Crippen molar-refractivity contribution in [3.8, 4) is 0 Å². The molecule has 24 heavy (non-hydrogen) atoms. The molecule has 1 heterocycles. The van der Waals surface area contributed by atoms with E-state index in [1.165, 1.54) is 57.8 Å². The molecule has 0 aromatic rings. The first kappa shape index (κ1) is 17.3. The van der Waals surface area contributed by atoms with Crippen molar-refractivity contribution in [3.05, 3.63) is 0 Å². The van der Waals surface area contributed by atoms with E-state index < -0.39 is 0 Å². The molecule has 1 unspecified atom stereocenters. The lowest BCUT2D eigenvalue weighted by atomic mass is 9.47. The highest BCUT2D eigenvalue weighted by Crippen LogP contribution is 2.65. The molecular formula is C22H38O2. The van der Waals surface area contributed by atoms with Crippen LogP contribution in [0.2, 0.25) is 0 Å². The standard InChI is InChI=1S/C22H38O2/c1-4-5-13-24-20-9-8-18-17-7-6-16-11-14-23-15-22(16,3)19(17)10-12-21(18,20)2/h16-20H,4-15H2,1-3H3/t16-,17-,18-,19-,20?,21-,22-/m0/s1. The van der Waals surface area contributed by atoms with Gasteiger partial charge in [-0.3, -0.25) is 0 Å². The fourth-order valence-electron chi connectivity index (χ4n) is 7.35. The maximum Gasteiger partial charge on any atom is 0.0631 e. The quantitative estimate of drug-likeness (QED) is 0.636. The molecule has 1 aliphatic heterocycles. The Labute approximate surface area is 149 Å². The lowest BCUT2D eigenvalue weighted by Crippen LogP contribution is -2.55. The normalized spacial score (nSPS) is 50.9. The Kier molecular flexibility index (Phi) is 4.75. The summed E-state index contributed by atoms with van der Waals surface area (Å²) in [6, 6.07) is 0. The molecule has 0 aromatic heterocycles. The lowest BCUT2D eigenvalue weighted by molar-refractivity contribution is -0.163. The highest BCUT2D eigenvalue weighted by molar-refractivity contribution is 5.09. The maximum atomic E-state index is 6.40. The van der Waals surface area contributed by atoms with Gasteiger partial charge in [-0.2, -0.15) is 0 Å². The minimum absolute atomic E-state index is 0.452. The first-order chi connectivity index (χ1) is 11.6. The molecule has 0 bridgehead atoms. The molecule has 1 saturated heterocycles. The predicted molar refractivity (Wildman–Crippen MR) is 98.0 cm³/mol. The summed E-state index contributed by atoms with van der Waals surface area (Å²) in [6.07, 6.45) is 12.8. The van der Waals surface area contributed by atoms with Gasteiger partial charge in [-0.25, -0.2) is 0 Å². The number of rotatable bonds is 4. The molecule has 4 aliphatic rings. The first-order valence-electron chi connectivity index (χ1n) is 10.8. The van der Waals surface area contributed by atoms with E-state index in [1.54, 1.807) is 0 Å². The number of hydrogen-bond donors (Lipinski definition) is 0. The first-order valence-corrected chi connectivity index (χ1v) is 10.8. The molecule has 7 atom stereocenters. The highest BCUT2D eigenvalue weighted by Gasteiger charge is 2.60. The summed E-state index contributed by atoms with van der Waals surface area (Å²) in [7, 11) is 0. The Balaban J connectivity index is 1.51. The Morgan fingerprint density at radius 3 is 2.62 bits per heavy atom. The Hall–Kier alpha value is -0.0800. The van der Waals surface area contributed by atoms with E-state index in [-0.39, 0.29) is 0 Å². The zero-order valence-corrected chi connectivity index (χ0v) is 16.2. The molecule has 2 heteroatoms. The highest BCUT2D eigenvalue weighted by atomic mass is 16.5. The van der Waals surface area contributed by atoms with Crippen LogP contribution < -0.4 is 0 Å². The van der Waals surface area contributed by atoms with Crippen molar-refractivity contribution in [1.29, 1.82) is 0 Å². The van der Waals surface area contributed by atoms with Crippen LogP contribution in [0.3, 0.4) is 0 Å². The summed E-state index contributed by atoms with van der Waals surface area (Å²) in [5.74, 6) is 3.67. The maximum absolute atomic E-state index is 6.40. The van der Waals surface area contributed by atoms with E-state index in [1.807, 2.05) is 0 Å². The summed E-state index contributed by atoms with van der Waals surface area (Å²) < 4.78 is 12.4. The Morgan fingerprint density at radius 1 is 0.958 bits per heavy atom. The van der Waals surface area contributed by atoms with Crippen LogP contribution >= 0.6 is 0 Å². The van der Waals surface area contributed by atoms with Crippen LogP contribution in [0.5, 0.6) is 0 Å². The van der Waals surface area contributed by atoms with Gasteiger partial charge >= 0.3 is 0 Å². The Morgan fingerprint density at radius 2 is 1.79 bits per heavy atom. The molecule has 4 fully saturated rings. The second-order valence-corrected chi connectivity index (χ2v) is 9.83. The van der Waals surface area contributed by atoms with Crippen molar-refractivity contribution in [2.24, 2.45) is 34.5 Å². The molecule has 138 valence electrons. The number of hydrogen-bond acceptors (Lipinski definition) is 2. The molecule has 4 rings (SSSR count). The molecule has 0 aromatic carbocycles. The summed E-state index contributed by atoms with van der Waals surface area (Å²) >= 11 is 0. The van der Waals surface area contributed by atoms with E-state index in [0.717, 1.165) is 43.5 Å². The predicted octanol–water partition coefficient (Wildman–Crippen LogP) is 5.45. The van der Waals surface area contributed by atoms with E-state index in [2.05, 4.69) is 20.8 Å². The van der Waals surface area contributed by atoms with Crippen LogP contribution in [0, 0.1) is 34.5 Å². The second-order valence-electron chi connectivity index (χ2n) is 9.83. The molecule has 0 N–H and O–H groups in total. The third-order valence-corrected chi connectivity index (χ3v) is 8.82. The largest absolute Gasteiger partial charge is 0.381 e. The van der Waals surface area contributed by atoms with E-state index in [0.29, 0.717) is 16.9 Å². The van der Waals surface area contributed by atoms with Gasteiger partial charge in [-0.1, -0.05) is 27.2 Å².